The van der Waals surface area contributed by atoms with Crippen molar-refractivity contribution in [2.75, 3.05) is 13.7 Å². The van der Waals surface area contributed by atoms with Gasteiger partial charge in [0.1, 0.15) is 0 Å². The van der Waals surface area contributed by atoms with E-state index in [4.69, 9.17) is 9.47 Å². The molecular weight excluding hydrogens is 262 g/mol. The van der Waals surface area contributed by atoms with E-state index in [9.17, 15) is 0 Å². The highest BCUT2D eigenvalue weighted by atomic mass is 16.5. The third-order valence-corrected chi connectivity index (χ3v) is 3.35. The third kappa shape index (κ3) is 5.43. The van der Waals surface area contributed by atoms with Gasteiger partial charge in [0.2, 0.25) is 0 Å². The van der Waals surface area contributed by atoms with Crippen molar-refractivity contribution in [1.82, 2.24) is 5.32 Å². The Balaban J connectivity index is 3.05. The van der Waals surface area contributed by atoms with Gasteiger partial charge in [0.15, 0.2) is 11.5 Å². The molecule has 0 radical (unpaired) electrons. The van der Waals surface area contributed by atoms with E-state index in [-0.39, 0.29) is 6.10 Å². The average Bonchev–Trinajstić information content (AvgIpc) is 2.45. The second-order valence-electron chi connectivity index (χ2n) is 5.61. The molecule has 1 aromatic rings. The Labute approximate surface area is 129 Å². The molecule has 1 atom stereocenters. The van der Waals surface area contributed by atoms with E-state index < -0.39 is 0 Å². The zero-order valence-electron chi connectivity index (χ0n) is 14.2. The van der Waals surface area contributed by atoms with Crippen LogP contribution in [0.5, 0.6) is 11.5 Å². The maximum absolute atomic E-state index is 5.94. The van der Waals surface area contributed by atoms with E-state index in [0.717, 1.165) is 30.0 Å². The minimum Gasteiger partial charge on any atom is -0.493 e. The average molecular weight is 291 g/mol. The van der Waals surface area contributed by atoms with Crippen molar-refractivity contribution in [3.05, 3.63) is 29.3 Å². The van der Waals surface area contributed by atoms with Gasteiger partial charge in [0.05, 0.1) is 13.2 Å². The largest absolute Gasteiger partial charge is 0.493 e. The van der Waals surface area contributed by atoms with Crippen LogP contribution in [0.4, 0.5) is 0 Å². The lowest BCUT2D eigenvalue weighted by Gasteiger charge is -2.18. The van der Waals surface area contributed by atoms with Gasteiger partial charge >= 0.3 is 0 Å². The second kappa shape index (κ2) is 8.73. The third-order valence-electron chi connectivity index (χ3n) is 3.35. The Morgan fingerprint density at radius 1 is 1.29 bits per heavy atom. The Morgan fingerprint density at radius 2 is 2.00 bits per heavy atom. The van der Waals surface area contributed by atoms with Crippen LogP contribution in [0.2, 0.25) is 0 Å². The summed E-state index contributed by atoms with van der Waals surface area (Å²) >= 11 is 0. The normalized spacial score (nSPS) is 13.4. The molecule has 0 aliphatic carbocycles. The number of hydrogen-bond acceptors (Lipinski definition) is 3. The number of para-hydroxylation sites is 1. The number of ether oxygens (including phenoxy) is 2. The van der Waals surface area contributed by atoms with Crippen LogP contribution >= 0.6 is 0 Å². The summed E-state index contributed by atoms with van der Waals surface area (Å²) in [6.45, 7) is 11.6. The first-order chi connectivity index (χ1) is 9.99. The summed E-state index contributed by atoms with van der Waals surface area (Å²) in [6, 6.07) is 6.34. The van der Waals surface area contributed by atoms with Crippen LogP contribution in [0, 0.1) is 0 Å². The van der Waals surface area contributed by atoms with Gasteiger partial charge < -0.3 is 14.8 Å². The number of nitrogens with one attached hydrogen (secondary N) is 1. The van der Waals surface area contributed by atoms with E-state index in [1.807, 2.05) is 26.0 Å². The first-order valence-electron chi connectivity index (χ1n) is 7.74. The van der Waals surface area contributed by atoms with E-state index in [1.54, 1.807) is 7.11 Å². The number of rotatable bonds is 8. The lowest BCUT2D eigenvalue weighted by atomic mass is 10.1. The smallest absolute Gasteiger partial charge is 0.168 e. The van der Waals surface area contributed by atoms with Crippen molar-refractivity contribution in [1.29, 1.82) is 0 Å². The van der Waals surface area contributed by atoms with Crippen molar-refractivity contribution in [3.8, 4) is 11.5 Å². The first kappa shape index (κ1) is 17.6. The van der Waals surface area contributed by atoms with E-state index in [1.165, 1.54) is 5.57 Å². The van der Waals surface area contributed by atoms with Crippen molar-refractivity contribution < 1.29 is 9.47 Å². The molecule has 21 heavy (non-hydrogen) atoms. The van der Waals surface area contributed by atoms with Gasteiger partial charge in [-0.25, -0.2) is 0 Å². The zero-order chi connectivity index (χ0) is 15.8. The predicted molar refractivity (Wildman–Crippen MR) is 90.2 cm³/mol. The van der Waals surface area contributed by atoms with Gasteiger partial charge in [-0.05, 0) is 46.7 Å². The highest BCUT2D eigenvalue weighted by Gasteiger charge is 2.12. The molecule has 0 aliphatic rings. The maximum Gasteiger partial charge on any atom is 0.168 e. The lowest BCUT2D eigenvalue weighted by molar-refractivity contribution is 0.229. The van der Waals surface area contributed by atoms with Crippen molar-refractivity contribution in [2.24, 2.45) is 0 Å². The molecule has 118 valence electrons. The number of methoxy groups -OCH3 is 1. The summed E-state index contributed by atoms with van der Waals surface area (Å²) in [4.78, 5) is 0. The molecule has 0 spiro atoms. The van der Waals surface area contributed by atoms with E-state index in [2.05, 4.69) is 38.2 Å². The highest BCUT2D eigenvalue weighted by molar-refractivity contribution is 5.64. The Hall–Kier alpha value is -1.48. The molecule has 1 aromatic carbocycles. The van der Waals surface area contributed by atoms with E-state index in [0.29, 0.717) is 6.04 Å². The molecule has 1 rings (SSSR count). The van der Waals surface area contributed by atoms with Crippen LogP contribution in [0.15, 0.2) is 23.8 Å². The molecule has 0 aromatic heterocycles. The van der Waals surface area contributed by atoms with E-state index >= 15 is 0 Å². The van der Waals surface area contributed by atoms with Gasteiger partial charge in [-0.3, -0.25) is 0 Å². The molecular formula is C18H29NO2. The Kier molecular flexibility index (Phi) is 7.30. The quantitative estimate of drug-likeness (QED) is 0.775. The SMILES string of the molecule is CCCNC(C)/C(C)=C/c1cccc(OC)c1OC(C)C. The van der Waals surface area contributed by atoms with Crippen molar-refractivity contribution in [3.63, 3.8) is 0 Å². The van der Waals surface area contributed by atoms with Crippen LogP contribution in [0.3, 0.4) is 0 Å². The summed E-state index contributed by atoms with van der Waals surface area (Å²) in [5.74, 6) is 1.59. The number of hydrogen-bond donors (Lipinski definition) is 1. The molecule has 1 N–H and O–H groups in total. The molecule has 0 bridgehead atoms. The molecule has 0 amide bonds. The molecule has 0 heterocycles. The van der Waals surface area contributed by atoms with Crippen molar-refractivity contribution in [2.45, 2.75) is 53.2 Å². The molecule has 3 nitrogen and oxygen atoms in total. The monoisotopic (exact) mass is 291 g/mol. The summed E-state index contributed by atoms with van der Waals surface area (Å²) in [6.07, 6.45) is 3.43. The summed E-state index contributed by atoms with van der Waals surface area (Å²) in [7, 11) is 1.67. The maximum atomic E-state index is 5.94. The van der Waals surface area contributed by atoms with Crippen LogP contribution in [0.25, 0.3) is 6.08 Å². The van der Waals surface area contributed by atoms with Crippen LogP contribution in [-0.4, -0.2) is 25.8 Å². The molecule has 0 aliphatic heterocycles. The topological polar surface area (TPSA) is 30.5 Å². The zero-order valence-corrected chi connectivity index (χ0v) is 14.2. The lowest BCUT2D eigenvalue weighted by Crippen LogP contribution is -2.27. The Bertz CT molecular complexity index is 466. The van der Waals surface area contributed by atoms with Gasteiger partial charge in [-0.2, -0.15) is 0 Å². The molecule has 3 heteroatoms. The van der Waals surface area contributed by atoms with Crippen LogP contribution in [-0.2, 0) is 0 Å². The second-order valence-corrected chi connectivity index (χ2v) is 5.61. The van der Waals surface area contributed by atoms with Gasteiger partial charge in [0, 0.05) is 11.6 Å². The highest BCUT2D eigenvalue weighted by Crippen LogP contribution is 2.33. The molecule has 1 unspecified atom stereocenters. The standard InChI is InChI=1S/C18H29NO2/c1-7-11-19-15(5)14(4)12-16-9-8-10-17(20-6)18(16)21-13(2)3/h8-10,12-13,15,19H,7,11H2,1-6H3/b14-12+. The minimum absolute atomic E-state index is 0.115. The van der Waals surface area contributed by atoms with Crippen LogP contribution in [0.1, 0.15) is 46.6 Å². The fourth-order valence-electron chi connectivity index (χ4n) is 2.06. The van der Waals surface area contributed by atoms with Gasteiger partial charge in [-0.15, -0.1) is 0 Å². The minimum atomic E-state index is 0.115. The van der Waals surface area contributed by atoms with Gasteiger partial charge in [-0.1, -0.05) is 30.7 Å². The number of benzene rings is 1. The summed E-state index contributed by atoms with van der Waals surface area (Å²) < 4.78 is 11.4. The molecule has 0 saturated heterocycles. The summed E-state index contributed by atoms with van der Waals surface area (Å²) in [5, 5.41) is 3.50. The van der Waals surface area contributed by atoms with Crippen LogP contribution < -0.4 is 14.8 Å². The van der Waals surface area contributed by atoms with Gasteiger partial charge in [0.25, 0.3) is 0 Å². The van der Waals surface area contributed by atoms with Crippen molar-refractivity contribution >= 4 is 6.08 Å². The predicted octanol–water partition coefficient (Wildman–Crippen LogP) is 4.27. The summed E-state index contributed by atoms with van der Waals surface area (Å²) in [5.41, 5.74) is 2.34. The molecule has 0 saturated carbocycles. The Morgan fingerprint density at radius 3 is 2.57 bits per heavy atom. The molecule has 0 fully saturated rings. The first-order valence-corrected chi connectivity index (χ1v) is 7.74. The fraction of sp³-hybridized carbons (Fsp3) is 0.556. The fourth-order valence-corrected chi connectivity index (χ4v) is 2.06.